The number of rotatable bonds is 8. The standard InChI is InChI=1S/2C6H13NO4S.Ca/c2*1-5(7-6(2)8)3-4-12(9,10)11;/h2*5H,3-4H2,1-2H3,(H,7,8)(H,9,10,11);/q;;+2/p-2. The van der Waals surface area contributed by atoms with E-state index in [9.17, 15) is 35.5 Å². The summed E-state index contributed by atoms with van der Waals surface area (Å²) in [7, 11) is -8.31. The van der Waals surface area contributed by atoms with E-state index in [1.54, 1.807) is 13.8 Å². The number of hydrogen-bond donors (Lipinski definition) is 2. The number of carbonyl (C=O) groups is 2. The van der Waals surface area contributed by atoms with Gasteiger partial charge in [-0.05, 0) is 26.7 Å². The van der Waals surface area contributed by atoms with Crippen LogP contribution in [0.3, 0.4) is 0 Å². The van der Waals surface area contributed by atoms with E-state index in [-0.39, 0.29) is 74.5 Å². The molecule has 0 bridgehead atoms. The van der Waals surface area contributed by atoms with Crippen LogP contribution in [0.15, 0.2) is 0 Å². The van der Waals surface area contributed by atoms with E-state index in [4.69, 9.17) is 0 Å². The number of nitrogens with one attached hydrogen (secondary N) is 2. The van der Waals surface area contributed by atoms with Crippen molar-refractivity contribution in [3.63, 3.8) is 0 Å². The molecule has 2 N–H and O–H groups in total. The van der Waals surface area contributed by atoms with Gasteiger partial charge in [-0.25, -0.2) is 16.8 Å². The molecule has 0 saturated heterocycles. The Kier molecular flexibility index (Phi) is 16.8. The fourth-order valence-corrected chi connectivity index (χ4v) is 2.77. The molecule has 0 aliphatic heterocycles. The molecule has 0 aliphatic carbocycles. The first-order chi connectivity index (χ1) is 10.6. The maximum atomic E-state index is 10.4. The normalized spacial score (nSPS) is 13.4. The predicted octanol–water partition coefficient (Wildman–Crippen LogP) is -1.49. The molecule has 0 spiro atoms. The van der Waals surface area contributed by atoms with E-state index in [2.05, 4.69) is 10.6 Å². The van der Waals surface area contributed by atoms with E-state index >= 15 is 0 Å². The second-order valence-corrected chi connectivity index (χ2v) is 8.35. The SMILES string of the molecule is CC(=O)NC(C)CCS(=O)(=O)[O-].CC(=O)NC(C)CCS(=O)(=O)[O-].[Ca+2]. The molecule has 0 aromatic carbocycles. The van der Waals surface area contributed by atoms with E-state index in [0.29, 0.717) is 0 Å². The molecule has 0 fully saturated rings. The maximum absolute atomic E-state index is 10.4. The summed E-state index contributed by atoms with van der Waals surface area (Å²) in [6, 6.07) is -0.544. The van der Waals surface area contributed by atoms with E-state index in [1.807, 2.05) is 0 Å². The zero-order chi connectivity index (χ0) is 19.6. The van der Waals surface area contributed by atoms with Gasteiger partial charge in [-0.3, -0.25) is 9.59 Å². The first-order valence-corrected chi connectivity index (χ1v) is 10.2. The van der Waals surface area contributed by atoms with Crippen LogP contribution < -0.4 is 10.6 Å². The molecule has 0 aliphatic rings. The zero-order valence-corrected chi connectivity index (χ0v) is 18.6. The molecule has 0 saturated carbocycles. The van der Waals surface area contributed by atoms with Crippen LogP contribution in [0, 0.1) is 0 Å². The molecular weight excluding hydrogens is 404 g/mol. The van der Waals surface area contributed by atoms with Crippen molar-refractivity contribution < 1.29 is 35.5 Å². The van der Waals surface area contributed by atoms with Crippen LogP contribution in [0.5, 0.6) is 0 Å². The minimum atomic E-state index is -4.16. The van der Waals surface area contributed by atoms with Gasteiger partial charge in [0.25, 0.3) is 0 Å². The first kappa shape index (κ1) is 29.8. The van der Waals surface area contributed by atoms with Crippen LogP contribution in [0.25, 0.3) is 0 Å². The van der Waals surface area contributed by atoms with Crippen LogP contribution in [0.4, 0.5) is 0 Å². The van der Waals surface area contributed by atoms with Crippen LogP contribution >= 0.6 is 0 Å². The summed E-state index contributed by atoms with van der Waals surface area (Å²) in [5.41, 5.74) is 0. The molecule has 2 unspecified atom stereocenters. The summed E-state index contributed by atoms with van der Waals surface area (Å²) in [6.07, 6.45) is 0.316. The van der Waals surface area contributed by atoms with Gasteiger partial charge in [-0.15, -0.1) is 0 Å². The zero-order valence-electron chi connectivity index (χ0n) is 14.8. The predicted molar refractivity (Wildman–Crippen MR) is 90.7 cm³/mol. The number of carbonyl (C=O) groups excluding carboxylic acids is 2. The van der Waals surface area contributed by atoms with Crippen molar-refractivity contribution in [1.82, 2.24) is 10.6 Å². The largest absolute Gasteiger partial charge is 2.00 e. The Labute approximate surface area is 179 Å². The molecule has 0 aromatic rings. The van der Waals surface area contributed by atoms with Gasteiger partial charge in [0.15, 0.2) is 0 Å². The Morgan fingerprint density at radius 2 is 1.04 bits per heavy atom. The fourth-order valence-electron chi connectivity index (χ4n) is 1.48. The maximum Gasteiger partial charge on any atom is 2.00 e. The molecule has 10 nitrogen and oxygen atoms in total. The van der Waals surface area contributed by atoms with Crippen LogP contribution in [0.2, 0.25) is 0 Å². The van der Waals surface area contributed by atoms with Crippen molar-refractivity contribution in [2.75, 3.05) is 11.5 Å². The fraction of sp³-hybridized carbons (Fsp3) is 0.833. The smallest absolute Gasteiger partial charge is 0.748 e. The van der Waals surface area contributed by atoms with Crippen LogP contribution in [-0.2, 0) is 29.8 Å². The minimum absolute atomic E-state index is 0. The van der Waals surface area contributed by atoms with Crippen LogP contribution in [-0.4, -0.2) is 99.1 Å². The second-order valence-electron chi connectivity index (χ2n) is 5.30. The van der Waals surface area contributed by atoms with Crippen molar-refractivity contribution in [1.29, 1.82) is 0 Å². The molecule has 0 radical (unpaired) electrons. The average Bonchev–Trinajstić information content (AvgIpc) is 2.31. The van der Waals surface area contributed by atoms with Crippen molar-refractivity contribution in [3.05, 3.63) is 0 Å². The third kappa shape index (κ3) is 29.1. The Morgan fingerprint density at radius 3 is 1.20 bits per heavy atom. The molecule has 2 amide bonds. The van der Waals surface area contributed by atoms with Gasteiger partial charge in [0.1, 0.15) is 0 Å². The molecule has 2 atom stereocenters. The molecular formula is C12H24CaN2O8S2. The van der Waals surface area contributed by atoms with Gasteiger partial charge < -0.3 is 19.7 Å². The van der Waals surface area contributed by atoms with Crippen molar-refractivity contribution in [2.24, 2.45) is 0 Å². The van der Waals surface area contributed by atoms with E-state index in [1.165, 1.54) is 13.8 Å². The summed E-state index contributed by atoms with van der Waals surface area (Å²) in [5.74, 6) is -1.33. The summed E-state index contributed by atoms with van der Waals surface area (Å²) in [6.45, 7) is 5.96. The van der Waals surface area contributed by atoms with Crippen molar-refractivity contribution >= 4 is 69.8 Å². The van der Waals surface area contributed by atoms with Gasteiger partial charge in [-0.1, -0.05) is 0 Å². The number of hydrogen-bond acceptors (Lipinski definition) is 8. The van der Waals surface area contributed by atoms with Crippen molar-refractivity contribution in [3.8, 4) is 0 Å². The van der Waals surface area contributed by atoms with Gasteiger partial charge in [0.2, 0.25) is 11.8 Å². The van der Waals surface area contributed by atoms with Gasteiger partial charge in [-0.2, -0.15) is 0 Å². The molecule has 0 heterocycles. The van der Waals surface area contributed by atoms with E-state index < -0.39 is 31.7 Å². The summed E-state index contributed by atoms with van der Waals surface area (Å²) in [5, 5.41) is 4.95. The molecule has 13 heteroatoms. The Morgan fingerprint density at radius 1 is 0.800 bits per heavy atom. The molecule has 0 rings (SSSR count). The van der Waals surface area contributed by atoms with Gasteiger partial charge >= 0.3 is 37.7 Å². The summed E-state index contributed by atoms with van der Waals surface area (Å²) in [4.78, 5) is 20.9. The summed E-state index contributed by atoms with van der Waals surface area (Å²) >= 11 is 0. The monoisotopic (exact) mass is 428 g/mol. The van der Waals surface area contributed by atoms with Gasteiger partial charge in [0, 0.05) is 37.4 Å². The summed E-state index contributed by atoms with van der Waals surface area (Å²) < 4.78 is 60.9. The topological polar surface area (TPSA) is 173 Å². The number of amides is 2. The molecule has 0 aromatic heterocycles. The minimum Gasteiger partial charge on any atom is -0.748 e. The average molecular weight is 429 g/mol. The first-order valence-electron chi connectivity index (χ1n) is 7.03. The molecule has 144 valence electrons. The van der Waals surface area contributed by atoms with Crippen LogP contribution in [0.1, 0.15) is 40.5 Å². The second kappa shape index (κ2) is 14.1. The third-order valence-electron chi connectivity index (χ3n) is 2.50. The Bertz CT molecular complexity index is 553. The third-order valence-corrected chi connectivity index (χ3v) is 3.97. The Balaban J connectivity index is -0.000000372. The molecule has 25 heavy (non-hydrogen) atoms. The quantitative estimate of drug-likeness (QED) is 0.347. The Hall–Kier alpha value is 0.0197. The van der Waals surface area contributed by atoms with Gasteiger partial charge in [0.05, 0.1) is 20.2 Å². The van der Waals surface area contributed by atoms with E-state index in [0.717, 1.165) is 0 Å². The van der Waals surface area contributed by atoms with Crippen molar-refractivity contribution in [2.45, 2.75) is 52.6 Å².